The van der Waals surface area contributed by atoms with E-state index in [0.717, 1.165) is 38.3 Å². The number of aromatic nitrogens is 4. The van der Waals surface area contributed by atoms with Gasteiger partial charge in [0, 0.05) is 69.0 Å². The van der Waals surface area contributed by atoms with E-state index in [1.807, 2.05) is 6.07 Å². The van der Waals surface area contributed by atoms with E-state index in [-0.39, 0.29) is 23.8 Å². The summed E-state index contributed by atoms with van der Waals surface area (Å²) in [5.41, 5.74) is 1.91. The number of pyridine rings is 1. The van der Waals surface area contributed by atoms with Gasteiger partial charge in [0.25, 0.3) is 5.91 Å². The molecular formula is C25H31N7O4S. The minimum atomic E-state index is -0.384. The molecule has 0 unspecified atom stereocenters. The van der Waals surface area contributed by atoms with Gasteiger partial charge in [-0.2, -0.15) is 5.10 Å². The molecule has 0 atom stereocenters. The van der Waals surface area contributed by atoms with E-state index < -0.39 is 0 Å². The van der Waals surface area contributed by atoms with Gasteiger partial charge in [-0.15, -0.1) is 11.3 Å². The lowest BCUT2D eigenvalue weighted by molar-refractivity contribution is 0.0857. The zero-order chi connectivity index (χ0) is 25.6. The van der Waals surface area contributed by atoms with Crippen molar-refractivity contribution in [1.82, 2.24) is 29.5 Å². The van der Waals surface area contributed by atoms with Crippen molar-refractivity contribution >= 4 is 28.7 Å². The van der Waals surface area contributed by atoms with Gasteiger partial charge in [0.1, 0.15) is 23.0 Å². The van der Waals surface area contributed by atoms with Gasteiger partial charge in [0.2, 0.25) is 5.88 Å². The van der Waals surface area contributed by atoms with Gasteiger partial charge in [0.15, 0.2) is 5.78 Å². The van der Waals surface area contributed by atoms with Crippen LogP contribution in [-0.4, -0.2) is 101 Å². The molecule has 37 heavy (non-hydrogen) atoms. The average Bonchev–Trinajstić information content (AvgIpc) is 3.55. The number of nitrogens with one attached hydrogen (secondary N) is 1. The second-order valence-electron chi connectivity index (χ2n) is 9.14. The standard InChI is InChI=1S/C25H31N7O4S/c1-30-6-8-31(9-7-30)10-11-32-23-19(16-27-32)28-24(34)20-17-37-25(29-20)18-4-5-26-22(15-18)36-14-13-35-12-2-3-21(23)33/h4-5,15-17H,2-3,6-14H2,1H3,(H,28,34). The van der Waals surface area contributed by atoms with E-state index in [0.29, 0.717) is 55.1 Å². The van der Waals surface area contributed by atoms with E-state index in [1.54, 1.807) is 28.5 Å². The smallest absolute Gasteiger partial charge is 0.275 e. The van der Waals surface area contributed by atoms with Gasteiger partial charge >= 0.3 is 0 Å². The fourth-order valence-electron chi connectivity index (χ4n) is 4.33. The number of rotatable bonds is 3. The topological polar surface area (TPSA) is 115 Å². The molecule has 0 radical (unpaired) electrons. The van der Waals surface area contributed by atoms with Crippen molar-refractivity contribution in [3.05, 3.63) is 41.3 Å². The summed E-state index contributed by atoms with van der Waals surface area (Å²) in [6.45, 7) is 6.54. The lowest BCUT2D eigenvalue weighted by Gasteiger charge is -2.32. The number of hydrogen-bond donors (Lipinski definition) is 1. The Morgan fingerprint density at radius 2 is 1.97 bits per heavy atom. The van der Waals surface area contributed by atoms with E-state index in [1.165, 1.54) is 11.3 Å². The zero-order valence-electron chi connectivity index (χ0n) is 20.9. The monoisotopic (exact) mass is 525 g/mol. The molecule has 1 amide bonds. The summed E-state index contributed by atoms with van der Waals surface area (Å²) in [6.07, 6.45) is 4.05. The average molecular weight is 526 g/mol. The van der Waals surface area contributed by atoms with Crippen LogP contribution in [0.15, 0.2) is 29.9 Å². The number of carbonyl (C=O) groups is 2. The number of ether oxygens (including phenoxy) is 2. The largest absolute Gasteiger partial charge is 0.475 e. The number of amides is 1. The molecule has 3 aromatic heterocycles. The fourth-order valence-corrected chi connectivity index (χ4v) is 5.12. The molecule has 4 bridgehead atoms. The van der Waals surface area contributed by atoms with Crippen molar-refractivity contribution in [2.45, 2.75) is 19.4 Å². The number of carbonyl (C=O) groups excluding carboxylic acids is 2. The van der Waals surface area contributed by atoms with Crippen LogP contribution < -0.4 is 10.1 Å². The van der Waals surface area contributed by atoms with Gasteiger partial charge in [-0.25, -0.2) is 9.97 Å². The van der Waals surface area contributed by atoms with Gasteiger partial charge in [-0.1, -0.05) is 0 Å². The van der Waals surface area contributed by atoms with Crippen LogP contribution in [0.3, 0.4) is 0 Å². The summed E-state index contributed by atoms with van der Waals surface area (Å²) in [7, 11) is 2.12. The molecule has 1 fully saturated rings. The number of Topliss-reactive ketones (excluding diaryl/α,β-unsaturated/α-hetero) is 1. The number of thiazole rings is 1. The van der Waals surface area contributed by atoms with Crippen LogP contribution >= 0.6 is 11.3 Å². The molecular weight excluding hydrogens is 494 g/mol. The van der Waals surface area contributed by atoms with Gasteiger partial charge in [0.05, 0.1) is 25.0 Å². The molecule has 1 N–H and O–H groups in total. The van der Waals surface area contributed by atoms with Crippen LogP contribution in [0, 0.1) is 0 Å². The predicted octanol–water partition coefficient (Wildman–Crippen LogP) is 2.27. The van der Waals surface area contributed by atoms with Crippen LogP contribution in [0.2, 0.25) is 0 Å². The molecule has 3 aromatic rings. The molecule has 0 saturated carbocycles. The highest BCUT2D eigenvalue weighted by molar-refractivity contribution is 7.13. The maximum absolute atomic E-state index is 13.3. The first-order chi connectivity index (χ1) is 18.1. The fraction of sp³-hybridized carbons (Fsp3) is 0.480. The number of hydrogen-bond acceptors (Lipinski definition) is 10. The lowest BCUT2D eigenvalue weighted by atomic mass is 10.1. The van der Waals surface area contributed by atoms with Crippen LogP contribution in [0.1, 0.15) is 33.8 Å². The van der Waals surface area contributed by atoms with Crippen molar-refractivity contribution in [3.63, 3.8) is 0 Å². The SMILES string of the molecule is CN1CCN(CCn2ncc3c2C(=O)CCCOCCOc2cc(ccn2)-c2nc(cs2)C(=O)N3)CC1. The summed E-state index contributed by atoms with van der Waals surface area (Å²) in [6, 6.07) is 3.62. The molecule has 12 heteroatoms. The second-order valence-corrected chi connectivity index (χ2v) is 10.00. The maximum atomic E-state index is 13.3. The number of ketones is 1. The molecule has 0 aliphatic carbocycles. The molecule has 0 spiro atoms. The summed E-state index contributed by atoms with van der Waals surface area (Å²) < 4.78 is 13.1. The Morgan fingerprint density at radius 1 is 1.11 bits per heavy atom. The Balaban J connectivity index is 1.37. The molecule has 0 aromatic carbocycles. The number of piperazine rings is 1. The molecule has 2 aliphatic rings. The van der Waals surface area contributed by atoms with Crippen LogP contribution in [0.5, 0.6) is 5.88 Å². The summed E-state index contributed by atoms with van der Waals surface area (Å²) in [4.78, 5) is 39.8. The summed E-state index contributed by atoms with van der Waals surface area (Å²) in [5.74, 6) is 0.00247. The number of nitrogens with zero attached hydrogens (tertiary/aromatic N) is 6. The van der Waals surface area contributed by atoms with Crippen molar-refractivity contribution in [1.29, 1.82) is 0 Å². The van der Waals surface area contributed by atoms with Crippen molar-refractivity contribution in [2.75, 3.05) is 64.9 Å². The molecule has 1 saturated heterocycles. The Kier molecular flexibility index (Phi) is 8.19. The zero-order valence-corrected chi connectivity index (χ0v) is 21.7. The predicted molar refractivity (Wildman–Crippen MR) is 139 cm³/mol. The highest BCUT2D eigenvalue weighted by Crippen LogP contribution is 2.27. The minimum Gasteiger partial charge on any atom is -0.475 e. The maximum Gasteiger partial charge on any atom is 0.275 e. The van der Waals surface area contributed by atoms with Crippen molar-refractivity contribution < 1.29 is 19.1 Å². The van der Waals surface area contributed by atoms with Gasteiger partial charge < -0.3 is 19.7 Å². The van der Waals surface area contributed by atoms with Crippen LogP contribution in [0.25, 0.3) is 10.6 Å². The van der Waals surface area contributed by atoms with Crippen molar-refractivity contribution in [3.8, 4) is 16.5 Å². The highest BCUT2D eigenvalue weighted by atomic mass is 32.1. The summed E-state index contributed by atoms with van der Waals surface area (Å²) in [5, 5.41) is 9.72. The van der Waals surface area contributed by atoms with E-state index in [4.69, 9.17) is 9.47 Å². The Bertz CT molecular complexity index is 1240. The van der Waals surface area contributed by atoms with Crippen molar-refractivity contribution in [2.24, 2.45) is 0 Å². The van der Waals surface area contributed by atoms with E-state index >= 15 is 0 Å². The number of fused-ring (bicyclic) bond motifs is 6. The van der Waals surface area contributed by atoms with Gasteiger partial charge in [-0.05, 0) is 19.5 Å². The normalized spacial score (nSPS) is 18.4. The Labute approximate surface area is 219 Å². The third-order valence-electron chi connectivity index (χ3n) is 6.46. The Morgan fingerprint density at radius 3 is 2.84 bits per heavy atom. The second kappa shape index (κ2) is 11.9. The number of anilines is 1. The first-order valence-corrected chi connectivity index (χ1v) is 13.4. The molecule has 2 aliphatic heterocycles. The summed E-state index contributed by atoms with van der Waals surface area (Å²) >= 11 is 1.36. The van der Waals surface area contributed by atoms with Crippen LogP contribution in [-0.2, 0) is 11.3 Å². The Hall–Kier alpha value is -3.19. The van der Waals surface area contributed by atoms with E-state index in [9.17, 15) is 9.59 Å². The third kappa shape index (κ3) is 6.39. The molecule has 11 nitrogen and oxygen atoms in total. The minimum absolute atomic E-state index is 0.0784. The molecule has 196 valence electrons. The van der Waals surface area contributed by atoms with E-state index in [2.05, 4.69) is 37.2 Å². The third-order valence-corrected chi connectivity index (χ3v) is 7.36. The molecule has 5 rings (SSSR count). The lowest BCUT2D eigenvalue weighted by Crippen LogP contribution is -2.45. The quantitative estimate of drug-likeness (QED) is 0.550. The van der Waals surface area contributed by atoms with Gasteiger partial charge in [-0.3, -0.25) is 19.2 Å². The first kappa shape index (κ1) is 25.5. The first-order valence-electron chi connectivity index (χ1n) is 12.5. The molecule has 5 heterocycles. The van der Waals surface area contributed by atoms with Crippen LogP contribution in [0.4, 0.5) is 5.69 Å². The number of likely N-dealkylation sites (N-methyl/N-ethyl adjacent to an activating group) is 1. The highest BCUT2D eigenvalue weighted by Gasteiger charge is 2.23.